The molecule has 3 heterocycles. The van der Waals surface area contributed by atoms with Crippen LogP contribution in [0.1, 0.15) is 12.8 Å². The van der Waals surface area contributed by atoms with E-state index in [1.807, 2.05) is 12.3 Å². The van der Waals surface area contributed by atoms with Crippen LogP contribution in [0.15, 0.2) is 18.3 Å². The molecule has 78 valence electrons. The van der Waals surface area contributed by atoms with E-state index >= 15 is 0 Å². The Hall–Kier alpha value is -1.78. The van der Waals surface area contributed by atoms with E-state index in [1.165, 1.54) is 18.5 Å². The molecule has 1 saturated heterocycles. The molecule has 15 heavy (non-hydrogen) atoms. The molecule has 5 nitrogen and oxygen atoms in total. The van der Waals surface area contributed by atoms with Gasteiger partial charge in [0.2, 0.25) is 5.95 Å². The van der Waals surface area contributed by atoms with Crippen LogP contribution in [0.2, 0.25) is 0 Å². The number of pyridine rings is 1. The molecule has 1 aliphatic heterocycles. The van der Waals surface area contributed by atoms with E-state index in [2.05, 4.69) is 21.0 Å². The summed E-state index contributed by atoms with van der Waals surface area (Å²) in [6.07, 6.45) is 4.46. The minimum Gasteiger partial charge on any atom is -0.371 e. The van der Waals surface area contributed by atoms with Crippen molar-refractivity contribution in [3.63, 3.8) is 0 Å². The van der Waals surface area contributed by atoms with E-state index in [1.54, 1.807) is 4.52 Å². The summed E-state index contributed by atoms with van der Waals surface area (Å²) in [5.74, 6) is 0.327. The number of aromatic nitrogens is 3. The Morgan fingerprint density at radius 1 is 1.27 bits per heavy atom. The maximum atomic E-state index is 5.54. The zero-order chi connectivity index (χ0) is 10.3. The molecule has 3 rings (SSSR count). The van der Waals surface area contributed by atoms with Crippen LogP contribution in [0, 0.1) is 0 Å². The highest BCUT2D eigenvalue weighted by molar-refractivity contribution is 5.57. The van der Waals surface area contributed by atoms with Crippen LogP contribution in [0.4, 0.5) is 11.6 Å². The molecule has 1 aliphatic rings. The molecule has 1 fully saturated rings. The first kappa shape index (κ1) is 8.52. The second-order valence-corrected chi connectivity index (χ2v) is 3.85. The third kappa shape index (κ3) is 1.40. The Morgan fingerprint density at radius 3 is 2.87 bits per heavy atom. The highest BCUT2D eigenvalue weighted by atomic mass is 15.3. The second-order valence-electron chi connectivity index (χ2n) is 3.85. The van der Waals surface area contributed by atoms with Crippen LogP contribution < -0.4 is 10.6 Å². The normalized spacial score (nSPS) is 16.4. The van der Waals surface area contributed by atoms with Gasteiger partial charge in [0.05, 0.1) is 0 Å². The van der Waals surface area contributed by atoms with Gasteiger partial charge in [0.15, 0.2) is 5.65 Å². The number of fused-ring (bicyclic) bond motifs is 1. The average Bonchev–Trinajstić information content (AvgIpc) is 2.82. The Bertz CT molecular complexity index is 484. The van der Waals surface area contributed by atoms with E-state index in [-0.39, 0.29) is 0 Å². The summed E-state index contributed by atoms with van der Waals surface area (Å²) in [5.41, 5.74) is 7.57. The summed E-state index contributed by atoms with van der Waals surface area (Å²) in [6, 6.07) is 4.10. The highest BCUT2D eigenvalue weighted by Gasteiger charge is 2.13. The fraction of sp³-hybridized carbons (Fsp3) is 0.400. The maximum Gasteiger partial charge on any atom is 0.240 e. The SMILES string of the molecule is Nc1nc2cc(N3CCCC3)ccn2n1. The zero-order valence-electron chi connectivity index (χ0n) is 8.43. The van der Waals surface area contributed by atoms with E-state index in [0.717, 1.165) is 18.7 Å². The lowest BCUT2D eigenvalue weighted by Crippen LogP contribution is -2.17. The first-order valence-corrected chi connectivity index (χ1v) is 5.20. The quantitative estimate of drug-likeness (QED) is 0.748. The Kier molecular flexibility index (Phi) is 1.77. The molecule has 0 radical (unpaired) electrons. The number of anilines is 2. The summed E-state index contributed by atoms with van der Waals surface area (Å²) in [6.45, 7) is 2.28. The molecule has 2 aromatic rings. The molecule has 0 unspecified atom stereocenters. The Labute approximate surface area is 87.5 Å². The van der Waals surface area contributed by atoms with Gasteiger partial charge in [-0.1, -0.05) is 0 Å². The number of nitrogen functional groups attached to an aromatic ring is 1. The largest absolute Gasteiger partial charge is 0.371 e. The van der Waals surface area contributed by atoms with Crippen molar-refractivity contribution < 1.29 is 0 Å². The topological polar surface area (TPSA) is 59.5 Å². The van der Waals surface area contributed by atoms with Gasteiger partial charge in [-0.15, -0.1) is 5.10 Å². The van der Waals surface area contributed by atoms with Crippen molar-refractivity contribution in [2.45, 2.75) is 12.8 Å². The summed E-state index contributed by atoms with van der Waals surface area (Å²) in [7, 11) is 0. The molecule has 2 aromatic heterocycles. The number of hydrogen-bond donors (Lipinski definition) is 1. The van der Waals surface area contributed by atoms with Gasteiger partial charge < -0.3 is 10.6 Å². The first-order chi connectivity index (χ1) is 7.33. The predicted octanol–water partition coefficient (Wildman–Crippen LogP) is 0.912. The smallest absolute Gasteiger partial charge is 0.240 e. The van der Waals surface area contributed by atoms with Crippen molar-refractivity contribution in [3.05, 3.63) is 18.3 Å². The van der Waals surface area contributed by atoms with E-state index in [4.69, 9.17) is 5.73 Å². The van der Waals surface area contributed by atoms with E-state index < -0.39 is 0 Å². The third-order valence-electron chi connectivity index (χ3n) is 2.81. The van der Waals surface area contributed by atoms with E-state index in [9.17, 15) is 0 Å². The van der Waals surface area contributed by atoms with Gasteiger partial charge in [0.25, 0.3) is 0 Å². The zero-order valence-corrected chi connectivity index (χ0v) is 8.43. The lowest BCUT2D eigenvalue weighted by molar-refractivity contribution is 0.939. The fourth-order valence-corrected chi connectivity index (χ4v) is 2.06. The molecule has 0 saturated carbocycles. The summed E-state index contributed by atoms with van der Waals surface area (Å²) in [4.78, 5) is 6.51. The van der Waals surface area contributed by atoms with Gasteiger partial charge in [-0.2, -0.15) is 4.98 Å². The second kappa shape index (κ2) is 3.12. The van der Waals surface area contributed by atoms with Gasteiger partial charge in [-0.05, 0) is 18.9 Å². The Balaban J connectivity index is 2.04. The third-order valence-corrected chi connectivity index (χ3v) is 2.81. The first-order valence-electron chi connectivity index (χ1n) is 5.20. The van der Waals surface area contributed by atoms with Crippen LogP contribution in [0.25, 0.3) is 5.65 Å². The Morgan fingerprint density at radius 2 is 2.07 bits per heavy atom. The number of hydrogen-bond acceptors (Lipinski definition) is 4. The molecule has 0 amide bonds. The van der Waals surface area contributed by atoms with Crippen molar-refractivity contribution in [3.8, 4) is 0 Å². The predicted molar refractivity (Wildman–Crippen MR) is 58.8 cm³/mol. The molecule has 0 atom stereocenters. The molecule has 0 aliphatic carbocycles. The van der Waals surface area contributed by atoms with Crippen molar-refractivity contribution in [2.24, 2.45) is 0 Å². The lowest BCUT2D eigenvalue weighted by Gasteiger charge is -2.16. The highest BCUT2D eigenvalue weighted by Crippen LogP contribution is 2.20. The van der Waals surface area contributed by atoms with Gasteiger partial charge in [0.1, 0.15) is 0 Å². The summed E-state index contributed by atoms with van der Waals surface area (Å²) in [5, 5.41) is 4.05. The minimum atomic E-state index is 0.327. The molecule has 5 heteroatoms. The molecule has 2 N–H and O–H groups in total. The van der Waals surface area contributed by atoms with Crippen molar-refractivity contribution >= 4 is 17.3 Å². The van der Waals surface area contributed by atoms with Crippen LogP contribution in [-0.2, 0) is 0 Å². The van der Waals surface area contributed by atoms with Crippen molar-refractivity contribution in [2.75, 3.05) is 23.7 Å². The van der Waals surface area contributed by atoms with Gasteiger partial charge in [-0.3, -0.25) is 0 Å². The summed E-state index contributed by atoms with van der Waals surface area (Å²) >= 11 is 0. The number of rotatable bonds is 1. The van der Waals surface area contributed by atoms with Crippen LogP contribution in [0.3, 0.4) is 0 Å². The van der Waals surface area contributed by atoms with Gasteiger partial charge >= 0.3 is 0 Å². The maximum absolute atomic E-state index is 5.54. The average molecular weight is 203 g/mol. The summed E-state index contributed by atoms with van der Waals surface area (Å²) < 4.78 is 1.70. The van der Waals surface area contributed by atoms with Crippen LogP contribution in [-0.4, -0.2) is 27.7 Å². The molecular formula is C10H13N5. The van der Waals surface area contributed by atoms with Gasteiger partial charge in [-0.25, -0.2) is 4.52 Å². The van der Waals surface area contributed by atoms with Crippen molar-refractivity contribution in [1.82, 2.24) is 14.6 Å². The monoisotopic (exact) mass is 203 g/mol. The molecule has 0 bridgehead atoms. The molecule has 0 spiro atoms. The van der Waals surface area contributed by atoms with Gasteiger partial charge in [0, 0.05) is 31.0 Å². The lowest BCUT2D eigenvalue weighted by atomic mass is 10.3. The molecular weight excluding hydrogens is 190 g/mol. The fourth-order valence-electron chi connectivity index (χ4n) is 2.06. The number of nitrogens with two attached hydrogens (primary N) is 1. The van der Waals surface area contributed by atoms with Crippen LogP contribution >= 0.6 is 0 Å². The number of nitrogens with zero attached hydrogens (tertiary/aromatic N) is 4. The molecule has 0 aromatic carbocycles. The van der Waals surface area contributed by atoms with Crippen molar-refractivity contribution in [1.29, 1.82) is 0 Å². The minimum absolute atomic E-state index is 0.327. The standard InChI is InChI=1S/C10H13N5/c11-10-12-9-7-8(3-6-15(9)13-10)14-4-1-2-5-14/h3,6-7H,1-2,4-5H2,(H2,11,13). The van der Waals surface area contributed by atoms with E-state index in [0.29, 0.717) is 5.95 Å². The van der Waals surface area contributed by atoms with Crippen LogP contribution in [0.5, 0.6) is 0 Å².